The molecule has 1 amide bonds. The number of aryl methyl sites for hydroxylation is 1. The third-order valence-electron chi connectivity index (χ3n) is 6.00. The molecule has 0 aliphatic heterocycles. The predicted octanol–water partition coefficient (Wildman–Crippen LogP) is 3.05. The van der Waals surface area contributed by atoms with E-state index in [4.69, 9.17) is 0 Å². The van der Waals surface area contributed by atoms with Crippen LogP contribution in [-0.2, 0) is 11.8 Å². The molecule has 1 N–H and O–H groups in total. The largest absolute Gasteiger partial charge is 0.294 e. The number of rotatable bonds is 3. The first-order chi connectivity index (χ1) is 12.2. The fourth-order valence-electron chi connectivity index (χ4n) is 3.76. The van der Waals surface area contributed by atoms with Gasteiger partial charge in [-0.15, -0.1) is 5.10 Å². The number of hydrogen-bond donors (Lipinski definition) is 1. The van der Waals surface area contributed by atoms with Gasteiger partial charge in [-0.1, -0.05) is 45.0 Å². The lowest BCUT2D eigenvalue weighted by Gasteiger charge is -2.06. The molecule has 0 unspecified atom stereocenters. The van der Waals surface area contributed by atoms with Gasteiger partial charge in [0.05, 0.1) is 11.7 Å². The van der Waals surface area contributed by atoms with E-state index in [1.807, 2.05) is 31.4 Å². The van der Waals surface area contributed by atoms with Crippen LogP contribution in [0.4, 0.5) is 5.95 Å². The molecule has 7 heteroatoms. The summed E-state index contributed by atoms with van der Waals surface area (Å²) in [6.07, 6.45) is 3.57. The average Bonchev–Trinajstić information content (AvgIpc) is 2.87. The van der Waals surface area contributed by atoms with Crippen molar-refractivity contribution in [2.75, 3.05) is 5.32 Å². The van der Waals surface area contributed by atoms with Gasteiger partial charge in [0.15, 0.2) is 0 Å². The smallest absolute Gasteiger partial charge is 0.230 e. The lowest BCUT2D eigenvalue weighted by Crippen LogP contribution is -2.19. The summed E-state index contributed by atoms with van der Waals surface area (Å²) in [5.41, 5.74) is 2.42. The van der Waals surface area contributed by atoms with Gasteiger partial charge < -0.3 is 0 Å². The molecule has 134 valence electrons. The zero-order valence-corrected chi connectivity index (χ0v) is 15.6. The summed E-state index contributed by atoms with van der Waals surface area (Å²) in [5, 5.41) is 11.9. The molecular weight excluding hydrogens is 328 g/mol. The molecule has 7 nitrogen and oxygen atoms in total. The molecule has 0 bridgehead atoms. The zero-order valence-electron chi connectivity index (χ0n) is 15.6. The van der Waals surface area contributed by atoms with Crippen molar-refractivity contribution in [2.24, 2.45) is 23.8 Å². The highest BCUT2D eigenvalue weighted by Crippen LogP contribution is 2.68. The number of fused-ring (bicyclic) bond motifs is 1. The SMILES string of the molecule is Cn1cc(-c2ccc3cnc(NC(=O)C4C(C)(C)C4(C)C)nc3c2)nn1. The number of benzene rings is 1. The average molecular weight is 350 g/mol. The highest BCUT2D eigenvalue weighted by Gasteiger charge is 2.68. The van der Waals surface area contributed by atoms with E-state index in [0.29, 0.717) is 5.95 Å². The van der Waals surface area contributed by atoms with E-state index in [9.17, 15) is 4.79 Å². The van der Waals surface area contributed by atoms with Crippen molar-refractivity contribution < 1.29 is 4.79 Å². The zero-order chi connectivity index (χ0) is 18.7. The minimum Gasteiger partial charge on any atom is -0.294 e. The summed E-state index contributed by atoms with van der Waals surface area (Å²) in [7, 11) is 1.83. The van der Waals surface area contributed by atoms with Crippen molar-refractivity contribution in [1.29, 1.82) is 0 Å². The van der Waals surface area contributed by atoms with Gasteiger partial charge in [-0.3, -0.25) is 14.8 Å². The van der Waals surface area contributed by atoms with E-state index in [-0.39, 0.29) is 22.7 Å². The quantitative estimate of drug-likeness (QED) is 0.785. The van der Waals surface area contributed by atoms with E-state index in [1.54, 1.807) is 10.9 Å². The molecule has 0 spiro atoms. The molecule has 1 saturated carbocycles. The molecular formula is C19H22N6O. The molecule has 2 aromatic heterocycles. The van der Waals surface area contributed by atoms with Crippen LogP contribution in [0.25, 0.3) is 22.2 Å². The predicted molar refractivity (Wildman–Crippen MR) is 99.2 cm³/mol. The van der Waals surface area contributed by atoms with Gasteiger partial charge in [0.2, 0.25) is 11.9 Å². The molecule has 3 aromatic rings. The van der Waals surface area contributed by atoms with Crippen LogP contribution < -0.4 is 5.32 Å². The topological polar surface area (TPSA) is 85.6 Å². The molecule has 2 heterocycles. The van der Waals surface area contributed by atoms with Gasteiger partial charge in [-0.05, 0) is 16.9 Å². The monoisotopic (exact) mass is 350 g/mol. The highest BCUT2D eigenvalue weighted by atomic mass is 16.2. The lowest BCUT2D eigenvalue weighted by molar-refractivity contribution is -0.118. The van der Waals surface area contributed by atoms with Gasteiger partial charge in [0.25, 0.3) is 0 Å². The van der Waals surface area contributed by atoms with Crippen LogP contribution >= 0.6 is 0 Å². The Bertz CT molecular complexity index is 1010. The number of aromatic nitrogens is 5. The summed E-state index contributed by atoms with van der Waals surface area (Å²) in [6, 6.07) is 5.84. The Morgan fingerprint density at radius 3 is 2.54 bits per heavy atom. The highest BCUT2D eigenvalue weighted by molar-refractivity contribution is 5.95. The van der Waals surface area contributed by atoms with E-state index in [0.717, 1.165) is 22.2 Å². The fourth-order valence-corrected chi connectivity index (χ4v) is 3.76. The molecule has 1 aliphatic rings. The molecule has 1 aromatic carbocycles. The summed E-state index contributed by atoms with van der Waals surface area (Å²) >= 11 is 0. The van der Waals surface area contributed by atoms with Crippen LogP contribution in [0.3, 0.4) is 0 Å². The van der Waals surface area contributed by atoms with Crippen molar-refractivity contribution >= 4 is 22.8 Å². The van der Waals surface area contributed by atoms with Gasteiger partial charge >= 0.3 is 0 Å². The molecule has 1 fully saturated rings. The molecule has 0 atom stereocenters. The first-order valence-electron chi connectivity index (χ1n) is 8.64. The first kappa shape index (κ1) is 16.6. The first-order valence-corrected chi connectivity index (χ1v) is 8.64. The molecule has 0 radical (unpaired) electrons. The molecule has 1 aliphatic carbocycles. The second kappa shape index (κ2) is 5.33. The maximum Gasteiger partial charge on any atom is 0.230 e. The van der Waals surface area contributed by atoms with Crippen LogP contribution in [0.1, 0.15) is 27.7 Å². The fraction of sp³-hybridized carbons (Fsp3) is 0.421. The molecule has 26 heavy (non-hydrogen) atoms. The molecule has 0 saturated heterocycles. The van der Waals surface area contributed by atoms with Gasteiger partial charge in [0.1, 0.15) is 5.69 Å². The number of hydrogen-bond acceptors (Lipinski definition) is 5. The maximum absolute atomic E-state index is 12.6. The van der Waals surface area contributed by atoms with Crippen molar-refractivity contribution in [3.63, 3.8) is 0 Å². The van der Waals surface area contributed by atoms with E-state index in [1.165, 1.54) is 0 Å². The number of nitrogens with zero attached hydrogens (tertiary/aromatic N) is 5. The Labute approximate surface area is 151 Å². The van der Waals surface area contributed by atoms with Crippen LogP contribution in [0.2, 0.25) is 0 Å². The Hall–Kier alpha value is -2.83. The number of amides is 1. The number of anilines is 1. The Kier molecular flexibility index (Phi) is 3.41. The normalized spacial score (nSPS) is 18.0. The minimum atomic E-state index is -0.0415. The second-order valence-corrected chi connectivity index (χ2v) is 8.11. The van der Waals surface area contributed by atoms with Gasteiger partial charge in [-0.2, -0.15) is 0 Å². The van der Waals surface area contributed by atoms with E-state index in [2.05, 4.69) is 53.3 Å². The summed E-state index contributed by atoms with van der Waals surface area (Å²) < 4.78 is 1.66. The van der Waals surface area contributed by atoms with Gasteiger partial charge in [0, 0.05) is 30.1 Å². The Morgan fingerprint density at radius 1 is 1.19 bits per heavy atom. The lowest BCUT2D eigenvalue weighted by atomic mass is 10.0. The third-order valence-corrected chi connectivity index (χ3v) is 6.00. The second-order valence-electron chi connectivity index (χ2n) is 8.11. The minimum absolute atomic E-state index is 0.0208. The summed E-state index contributed by atoms with van der Waals surface area (Å²) in [4.78, 5) is 21.4. The van der Waals surface area contributed by atoms with Crippen LogP contribution in [0.5, 0.6) is 0 Å². The van der Waals surface area contributed by atoms with Crippen molar-refractivity contribution in [3.8, 4) is 11.3 Å². The standard InChI is InChI=1S/C19H22N6O/c1-18(2)15(19(18,3)4)16(26)22-17-20-9-12-7-6-11(8-13(12)21-17)14-10-25(5)24-23-14/h6-10,15H,1-5H3,(H,20,21,22,26). The van der Waals surface area contributed by atoms with Crippen LogP contribution in [-0.4, -0.2) is 30.9 Å². The van der Waals surface area contributed by atoms with Gasteiger partial charge in [-0.25, -0.2) is 9.97 Å². The maximum atomic E-state index is 12.6. The van der Waals surface area contributed by atoms with E-state index < -0.39 is 0 Å². The Balaban J connectivity index is 1.62. The molecule has 4 rings (SSSR count). The van der Waals surface area contributed by atoms with Crippen molar-refractivity contribution in [2.45, 2.75) is 27.7 Å². The summed E-state index contributed by atoms with van der Waals surface area (Å²) in [6.45, 7) is 8.47. The van der Waals surface area contributed by atoms with Crippen molar-refractivity contribution in [3.05, 3.63) is 30.6 Å². The summed E-state index contributed by atoms with van der Waals surface area (Å²) in [5.74, 6) is 0.266. The Morgan fingerprint density at radius 2 is 1.92 bits per heavy atom. The van der Waals surface area contributed by atoms with E-state index >= 15 is 0 Å². The number of carbonyl (C=O) groups is 1. The van der Waals surface area contributed by atoms with Crippen molar-refractivity contribution in [1.82, 2.24) is 25.0 Å². The third kappa shape index (κ3) is 2.46. The van der Waals surface area contributed by atoms with Crippen LogP contribution in [0, 0.1) is 16.7 Å². The number of carbonyl (C=O) groups excluding carboxylic acids is 1. The number of nitrogens with one attached hydrogen (secondary N) is 1. The van der Waals surface area contributed by atoms with Crippen LogP contribution in [0.15, 0.2) is 30.6 Å².